The van der Waals surface area contributed by atoms with E-state index in [0.717, 1.165) is 17.9 Å². The number of piperidine rings is 1. The van der Waals surface area contributed by atoms with E-state index in [1.807, 2.05) is 43.4 Å². The molecular formula is C21H29N3O3. The van der Waals surface area contributed by atoms with Crippen molar-refractivity contribution in [1.29, 1.82) is 0 Å². The molecule has 6 nitrogen and oxygen atoms in total. The van der Waals surface area contributed by atoms with Gasteiger partial charge in [0.15, 0.2) is 0 Å². The van der Waals surface area contributed by atoms with Crippen LogP contribution in [0.25, 0.3) is 0 Å². The summed E-state index contributed by atoms with van der Waals surface area (Å²) in [6, 6.07) is 11.4. The van der Waals surface area contributed by atoms with Gasteiger partial charge in [-0.05, 0) is 43.4 Å². The number of aliphatic hydroxyl groups is 1. The van der Waals surface area contributed by atoms with Gasteiger partial charge in [-0.1, -0.05) is 32.0 Å². The second-order valence-corrected chi connectivity index (χ2v) is 7.86. The van der Waals surface area contributed by atoms with Crippen LogP contribution < -0.4 is 4.74 Å². The van der Waals surface area contributed by atoms with Crippen LogP contribution in [0.2, 0.25) is 0 Å². The van der Waals surface area contributed by atoms with Gasteiger partial charge < -0.3 is 14.7 Å². The maximum Gasteiger partial charge on any atom is 0.272 e. The lowest BCUT2D eigenvalue weighted by Gasteiger charge is -2.37. The SMILES string of the molecule is CC(C)Cc1cc(C(=O)N2CCC(O)(COc3ccccc3)CC2)n(C)n1. The minimum absolute atomic E-state index is 0.0222. The van der Waals surface area contributed by atoms with Crippen LogP contribution in [0.4, 0.5) is 0 Å². The Bertz CT molecular complexity index is 762. The summed E-state index contributed by atoms with van der Waals surface area (Å²) in [6.07, 6.45) is 1.86. The summed E-state index contributed by atoms with van der Waals surface area (Å²) in [6.45, 7) is 5.54. The van der Waals surface area contributed by atoms with Gasteiger partial charge in [-0.3, -0.25) is 9.48 Å². The lowest BCUT2D eigenvalue weighted by Crippen LogP contribution is -2.49. The molecule has 2 heterocycles. The molecule has 1 aliphatic heterocycles. The molecule has 0 bridgehead atoms. The molecule has 1 fully saturated rings. The van der Waals surface area contributed by atoms with E-state index in [9.17, 15) is 9.90 Å². The summed E-state index contributed by atoms with van der Waals surface area (Å²) < 4.78 is 7.39. The number of carbonyl (C=O) groups excluding carboxylic acids is 1. The highest BCUT2D eigenvalue weighted by molar-refractivity contribution is 5.92. The van der Waals surface area contributed by atoms with Gasteiger partial charge in [0.05, 0.1) is 5.69 Å². The Morgan fingerprint density at radius 1 is 1.26 bits per heavy atom. The molecular weight excluding hydrogens is 342 g/mol. The second-order valence-electron chi connectivity index (χ2n) is 7.86. The number of amides is 1. The van der Waals surface area contributed by atoms with Crippen LogP contribution in [0.15, 0.2) is 36.4 Å². The van der Waals surface area contributed by atoms with E-state index in [4.69, 9.17) is 4.74 Å². The fourth-order valence-corrected chi connectivity index (χ4v) is 3.41. The molecule has 3 rings (SSSR count). The number of ether oxygens (including phenoxy) is 1. The van der Waals surface area contributed by atoms with Crippen LogP contribution in [-0.4, -0.2) is 51.0 Å². The van der Waals surface area contributed by atoms with Crippen molar-refractivity contribution in [2.45, 2.75) is 38.7 Å². The molecule has 0 unspecified atom stereocenters. The first kappa shape index (κ1) is 19.4. The van der Waals surface area contributed by atoms with Crippen LogP contribution in [0.5, 0.6) is 5.75 Å². The lowest BCUT2D eigenvalue weighted by atomic mass is 9.92. The molecule has 1 amide bonds. The Morgan fingerprint density at radius 2 is 1.93 bits per heavy atom. The van der Waals surface area contributed by atoms with E-state index in [1.54, 1.807) is 9.58 Å². The molecule has 1 aliphatic rings. The molecule has 6 heteroatoms. The van der Waals surface area contributed by atoms with Gasteiger partial charge in [-0.15, -0.1) is 0 Å². The largest absolute Gasteiger partial charge is 0.491 e. The van der Waals surface area contributed by atoms with Crippen molar-refractivity contribution in [2.75, 3.05) is 19.7 Å². The normalized spacial score (nSPS) is 16.6. The monoisotopic (exact) mass is 371 g/mol. The third-order valence-corrected chi connectivity index (χ3v) is 5.00. The van der Waals surface area contributed by atoms with Crippen LogP contribution >= 0.6 is 0 Å². The fourth-order valence-electron chi connectivity index (χ4n) is 3.41. The number of hydrogen-bond acceptors (Lipinski definition) is 4. The maximum absolute atomic E-state index is 12.9. The number of para-hydroxylation sites is 1. The van der Waals surface area contributed by atoms with Crippen molar-refractivity contribution in [3.05, 3.63) is 47.8 Å². The summed E-state index contributed by atoms with van der Waals surface area (Å²) in [5.74, 6) is 1.22. The van der Waals surface area contributed by atoms with E-state index in [-0.39, 0.29) is 12.5 Å². The molecule has 146 valence electrons. The average Bonchev–Trinajstić information content (AvgIpc) is 3.00. The van der Waals surface area contributed by atoms with Crippen LogP contribution in [0.3, 0.4) is 0 Å². The molecule has 0 aliphatic carbocycles. The highest BCUT2D eigenvalue weighted by Crippen LogP contribution is 2.25. The number of rotatable bonds is 6. The molecule has 2 aromatic rings. The second kappa shape index (κ2) is 8.13. The summed E-state index contributed by atoms with van der Waals surface area (Å²) in [5.41, 5.74) is 0.652. The van der Waals surface area contributed by atoms with E-state index in [1.165, 1.54) is 0 Å². The van der Waals surface area contributed by atoms with Crippen molar-refractivity contribution >= 4 is 5.91 Å². The zero-order chi connectivity index (χ0) is 19.4. The van der Waals surface area contributed by atoms with Gasteiger partial charge in [-0.25, -0.2) is 0 Å². The van der Waals surface area contributed by atoms with Crippen LogP contribution in [-0.2, 0) is 13.5 Å². The van der Waals surface area contributed by atoms with Crippen molar-refractivity contribution in [3.8, 4) is 5.75 Å². The summed E-state index contributed by atoms with van der Waals surface area (Å²) in [4.78, 5) is 14.7. The first-order valence-corrected chi connectivity index (χ1v) is 9.59. The van der Waals surface area contributed by atoms with Gasteiger partial charge in [0.25, 0.3) is 5.91 Å². The molecule has 0 saturated carbocycles. The van der Waals surface area contributed by atoms with Gasteiger partial charge in [0.1, 0.15) is 23.7 Å². The standard InChI is InChI=1S/C21H29N3O3/c1-16(2)13-17-14-19(23(3)22-17)20(25)24-11-9-21(26,10-12-24)15-27-18-7-5-4-6-8-18/h4-8,14,16,26H,9-13,15H2,1-3H3. The zero-order valence-corrected chi connectivity index (χ0v) is 16.4. The number of aromatic nitrogens is 2. The molecule has 0 radical (unpaired) electrons. The summed E-state index contributed by atoms with van der Waals surface area (Å²) in [7, 11) is 1.81. The first-order chi connectivity index (χ1) is 12.9. The van der Waals surface area contributed by atoms with E-state index in [2.05, 4.69) is 18.9 Å². The Labute approximate surface area is 160 Å². The maximum atomic E-state index is 12.9. The van der Waals surface area contributed by atoms with Gasteiger partial charge in [-0.2, -0.15) is 5.10 Å². The van der Waals surface area contributed by atoms with E-state index in [0.29, 0.717) is 37.5 Å². The topological polar surface area (TPSA) is 67.6 Å². The Hall–Kier alpha value is -2.34. The van der Waals surface area contributed by atoms with Crippen molar-refractivity contribution in [2.24, 2.45) is 13.0 Å². The minimum atomic E-state index is -0.901. The van der Waals surface area contributed by atoms with Gasteiger partial charge >= 0.3 is 0 Å². The van der Waals surface area contributed by atoms with E-state index >= 15 is 0 Å². The van der Waals surface area contributed by atoms with Crippen molar-refractivity contribution in [1.82, 2.24) is 14.7 Å². The van der Waals surface area contributed by atoms with Gasteiger partial charge in [0, 0.05) is 20.1 Å². The fraction of sp³-hybridized carbons (Fsp3) is 0.524. The van der Waals surface area contributed by atoms with E-state index < -0.39 is 5.60 Å². The summed E-state index contributed by atoms with van der Waals surface area (Å²) in [5, 5.41) is 15.2. The Morgan fingerprint density at radius 3 is 2.56 bits per heavy atom. The Kier molecular flexibility index (Phi) is 5.85. The number of carbonyl (C=O) groups is 1. The lowest BCUT2D eigenvalue weighted by molar-refractivity contribution is -0.0476. The Balaban J connectivity index is 1.56. The highest BCUT2D eigenvalue weighted by Gasteiger charge is 2.35. The quantitative estimate of drug-likeness (QED) is 0.848. The minimum Gasteiger partial charge on any atom is -0.491 e. The predicted molar refractivity (Wildman–Crippen MR) is 104 cm³/mol. The average molecular weight is 371 g/mol. The van der Waals surface area contributed by atoms with Crippen molar-refractivity contribution < 1.29 is 14.6 Å². The molecule has 1 aromatic heterocycles. The third-order valence-electron chi connectivity index (χ3n) is 5.00. The molecule has 0 atom stereocenters. The highest BCUT2D eigenvalue weighted by atomic mass is 16.5. The van der Waals surface area contributed by atoms with Gasteiger partial charge in [0.2, 0.25) is 0 Å². The molecule has 27 heavy (non-hydrogen) atoms. The summed E-state index contributed by atoms with van der Waals surface area (Å²) >= 11 is 0. The molecule has 1 aromatic carbocycles. The van der Waals surface area contributed by atoms with Crippen LogP contribution in [0, 0.1) is 5.92 Å². The number of likely N-dealkylation sites (tertiary alicyclic amines) is 1. The third kappa shape index (κ3) is 4.89. The molecule has 1 saturated heterocycles. The number of hydrogen-bond donors (Lipinski definition) is 1. The number of nitrogens with zero attached hydrogens (tertiary/aromatic N) is 3. The zero-order valence-electron chi connectivity index (χ0n) is 16.4. The first-order valence-electron chi connectivity index (χ1n) is 9.59. The number of aryl methyl sites for hydroxylation is 1. The molecule has 0 spiro atoms. The van der Waals surface area contributed by atoms with Crippen molar-refractivity contribution in [3.63, 3.8) is 0 Å². The number of benzene rings is 1. The smallest absolute Gasteiger partial charge is 0.272 e. The molecule has 1 N–H and O–H groups in total. The predicted octanol–water partition coefficient (Wildman–Crippen LogP) is 2.66. The van der Waals surface area contributed by atoms with Crippen LogP contribution in [0.1, 0.15) is 42.9 Å².